The van der Waals surface area contributed by atoms with Gasteiger partial charge >= 0.3 is 5.97 Å². The zero-order valence-corrected chi connectivity index (χ0v) is 17.5. The lowest BCUT2D eigenvalue weighted by molar-refractivity contribution is -0.385. The molecule has 2 aromatic rings. The van der Waals surface area contributed by atoms with Gasteiger partial charge in [-0.2, -0.15) is 0 Å². The summed E-state index contributed by atoms with van der Waals surface area (Å²) in [5.74, 6) is -2.07. The van der Waals surface area contributed by atoms with Crippen LogP contribution in [0.5, 0.6) is 0 Å². The first-order chi connectivity index (χ1) is 14.8. The summed E-state index contributed by atoms with van der Waals surface area (Å²) in [5.41, 5.74) is 3.77. The number of anilines is 2. The third kappa shape index (κ3) is 3.54. The number of benzene rings is 2. The first-order valence-corrected chi connectivity index (χ1v) is 10.0. The molecule has 0 saturated carbocycles. The lowest BCUT2D eigenvalue weighted by Crippen LogP contribution is -2.39. The third-order valence-electron chi connectivity index (χ3n) is 5.99. The van der Waals surface area contributed by atoms with Crippen molar-refractivity contribution < 1.29 is 19.2 Å². The second kappa shape index (κ2) is 7.86. The fourth-order valence-corrected chi connectivity index (χ4v) is 4.39. The van der Waals surface area contributed by atoms with Gasteiger partial charge in [-0.1, -0.05) is 31.2 Å². The van der Waals surface area contributed by atoms with Crippen LogP contribution in [-0.4, -0.2) is 23.8 Å². The first kappa shape index (κ1) is 20.6. The van der Waals surface area contributed by atoms with Crippen molar-refractivity contribution in [3.8, 4) is 0 Å². The highest BCUT2D eigenvalue weighted by molar-refractivity contribution is 6.11. The number of nitro groups is 1. The van der Waals surface area contributed by atoms with E-state index in [1.54, 1.807) is 19.1 Å². The van der Waals surface area contributed by atoms with E-state index >= 15 is 0 Å². The van der Waals surface area contributed by atoms with Gasteiger partial charge in [-0.05, 0) is 37.0 Å². The topological polar surface area (TPSA) is 111 Å². The average Bonchev–Trinajstić information content (AvgIpc) is 2.90. The lowest BCUT2D eigenvalue weighted by Gasteiger charge is -2.32. The number of hydrogen-bond donors (Lipinski definition) is 2. The third-order valence-corrected chi connectivity index (χ3v) is 5.99. The van der Waals surface area contributed by atoms with E-state index in [2.05, 4.69) is 10.6 Å². The Morgan fingerprint density at radius 1 is 1.19 bits per heavy atom. The van der Waals surface area contributed by atoms with Gasteiger partial charge in [-0.25, -0.2) is 0 Å². The Hall–Kier alpha value is -3.68. The maximum atomic E-state index is 13.6. The van der Waals surface area contributed by atoms with E-state index < -0.39 is 22.9 Å². The van der Waals surface area contributed by atoms with E-state index in [4.69, 9.17) is 4.74 Å². The van der Waals surface area contributed by atoms with E-state index in [0.717, 1.165) is 11.4 Å². The number of aryl methyl sites for hydroxylation is 1. The van der Waals surface area contributed by atoms with E-state index in [9.17, 15) is 19.7 Å². The molecule has 0 bridgehead atoms. The van der Waals surface area contributed by atoms with Crippen molar-refractivity contribution in [2.24, 2.45) is 11.8 Å². The van der Waals surface area contributed by atoms with E-state index in [1.165, 1.54) is 13.2 Å². The molecule has 2 aliphatic rings. The summed E-state index contributed by atoms with van der Waals surface area (Å²) in [4.78, 5) is 37.1. The maximum Gasteiger partial charge on any atom is 0.316 e. The van der Waals surface area contributed by atoms with Crippen LogP contribution in [0.1, 0.15) is 30.5 Å². The van der Waals surface area contributed by atoms with Crippen molar-refractivity contribution in [3.05, 3.63) is 75.0 Å². The van der Waals surface area contributed by atoms with Crippen LogP contribution in [0.4, 0.5) is 17.1 Å². The summed E-state index contributed by atoms with van der Waals surface area (Å²) in [6, 6.07) is 11.8. The van der Waals surface area contributed by atoms with Crippen molar-refractivity contribution in [3.63, 3.8) is 0 Å². The number of Topliss-reactive ketones (excluding diaryl/α,β-unsaturated/α-hetero) is 1. The summed E-state index contributed by atoms with van der Waals surface area (Å²) >= 11 is 0. The maximum absolute atomic E-state index is 13.6. The highest BCUT2D eigenvalue weighted by Crippen LogP contribution is 2.44. The molecule has 0 aromatic heterocycles. The van der Waals surface area contributed by atoms with Gasteiger partial charge in [-0.3, -0.25) is 19.7 Å². The summed E-state index contributed by atoms with van der Waals surface area (Å²) < 4.78 is 4.90. The molecule has 0 fully saturated rings. The number of fused-ring (bicyclic) bond motifs is 1. The highest BCUT2D eigenvalue weighted by Gasteiger charge is 2.44. The number of hydrogen-bond acceptors (Lipinski definition) is 7. The second-order valence-electron chi connectivity index (χ2n) is 7.99. The molecule has 8 nitrogen and oxygen atoms in total. The lowest BCUT2D eigenvalue weighted by atomic mass is 9.74. The number of carbonyl (C=O) groups excluding carboxylic acids is 2. The number of para-hydroxylation sites is 2. The van der Waals surface area contributed by atoms with Crippen LogP contribution in [-0.2, 0) is 14.3 Å². The Balaban J connectivity index is 1.90. The molecule has 0 spiro atoms. The van der Waals surface area contributed by atoms with Crippen LogP contribution in [0.25, 0.3) is 0 Å². The minimum atomic E-state index is -0.920. The average molecular weight is 421 g/mol. The van der Waals surface area contributed by atoms with Gasteiger partial charge in [-0.15, -0.1) is 0 Å². The number of nitrogens with one attached hydrogen (secondary N) is 2. The van der Waals surface area contributed by atoms with Crippen molar-refractivity contribution >= 4 is 28.8 Å². The van der Waals surface area contributed by atoms with Gasteiger partial charge in [0.2, 0.25) is 0 Å². The summed E-state index contributed by atoms with van der Waals surface area (Å²) in [7, 11) is 1.27. The Morgan fingerprint density at radius 2 is 1.90 bits per heavy atom. The minimum Gasteiger partial charge on any atom is -0.468 e. The predicted molar refractivity (Wildman–Crippen MR) is 116 cm³/mol. The number of esters is 1. The van der Waals surface area contributed by atoms with Gasteiger partial charge in [0.25, 0.3) is 5.69 Å². The summed E-state index contributed by atoms with van der Waals surface area (Å²) in [5, 5.41) is 18.3. The Kier molecular flexibility index (Phi) is 5.22. The summed E-state index contributed by atoms with van der Waals surface area (Å²) in [6.07, 6.45) is 0.474. The number of carbonyl (C=O) groups is 2. The standard InChI is InChI=1S/C23H23N3O5/c1-12-8-9-14(11-18(12)26(29)30)21-20-17(24-15-6-4-5-7-16(15)25-21)10-13(2)19(22(20)27)23(28)31-3/h4-9,11,13,19,21,24-25H,10H2,1-3H3/t13-,19-,21-/m0/s1. The van der Waals surface area contributed by atoms with Crippen molar-refractivity contribution in [1.82, 2.24) is 0 Å². The molecule has 1 aliphatic heterocycles. The number of rotatable bonds is 3. The molecule has 3 atom stereocenters. The molecule has 0 unspecified atom stereocenters. The van der Waals surface area contributed by atoms with Gasteiger partial charge < -0.3 is 15.4 Å². The number of methoxy groups -OCH3 is 1. The van der Waals surface area contributed by atoms with Crippen LogP contribution in [0.2, 0.25) is 0 Å². The van der Waals surface area contributed by atoms with E-state index in [1.807, 2.05) is 31.2 Å². The summed E-state index contributed by atoms with van der Waals surface area (Å²) in [6.45, 7) is 3.52. The predicted octanol–water partition coefficient (Wildman–Crippen LogP) is 4.13. The largest absolute Gasteiger partial charge is 0.468 e. The number of ether oxygens (including phenoxy) is 1. The van der Waals surface area contributed by atoms with Gasteiger partial charge in [0.1, 0.15) is 5.92 Å². The quantitative estimate of drug-likeness (QED) is 0.332. The Labute approximate surface area is 179 Å². The van der Waals surface area contributed by atoms with Crippen molar-refractivity contribution in [2.75, 3.05) is 17.7 Å². The zero-order valence-electron chi connectivity index (χ0n) is 17.5. The van der Waals surface area contributed by atoms with Gasteiger partial charge in [0, 0.05) is 22.9 Å². The van der Waals surface area contributed by atoms with Crippen LogP contribution < -0.4 is 10.6 Å². The molecular weight excluding hydrogens is 398 g/mol. The molecule has 0 amide bonds. The van der Waals surface area contributed by atoms with Crippen LogP contribution in [0, 0.1) is 28.9 Å². The van der Waals surface area contributed by atoms with Crippen molar-refractivity contribution in [2.45, 2.75) is 26.3 Å². The molecule has 31 heavy (non-hydrogen) atoms. The van der Waals surface area contributed by atoms with Crippen LogP contribution in [0.3, 0.4) is 0 Å². The number of nitro benzene ring substituents is 1. The molecule has 0 saturated heterocycles. The fraction of sp³-hybridized carbons (Fsp3) is 0.304. The van der Waals surface area contributed by atoms with Gasteiger partial charge in [0.05, 0.1) is 29.4 Å². The molecule has 2 aromatic carbocycles. The molecule has 4 rings (SSSR count). The molecule has 160 valence electrons. The second-order valence-corrected chi connectivity index (χ2v) is 7.99. The number of ketones is 1. The fourth-order valence-electron chi connectivity index (χ4n) is 4.39. The normalized spacial score (nSPS) is 22.4. The molecule has 2 N–H and O–H groups in total. The van der Waals surface area contributed by atoms with E-state index in [0.29, 0.717) is 28.8 Å². The molecule has 0 radical (unpaired) electrons. The smallest absolute Gasteiger partial charge is 0.316 e. The molecule has 1 aliphatic carbocycles. The van der Waals surface area contributed by atoms with Crippen LogP contribution in [0.15, 0.2) is 53.7 Å². The van der Waals surface area contributed by atoms with E-state index in [-0.39, 0.29) is 17.4 Å². The number of allylic oxidation sites excluding steroid dienone is 1. The Morgan fingerprint density at radius 3 is 2.58 bits per heavy atom. The molecular formula is C23H23N3O5. The first-order valence-electron chi connectivity index (χ1n) is 10.0. The SMILES string of the molecule is COC(=O)[C@@H]1C(=O)C2=C(C[C@@H]1C)Nc1ccccc1N[C@H]2c1ccc(C)c([N+](=O)[O-])c1. The number of nitrogens with zero attached hydrogens (tertiary/aromatic N) is 1. The monoisotopic (exact) mass is 421 g/mol. The van der Waals surface area contributed by atoms with Gasteiger partial charge in [0.15, 0.2) is 5.78 Å². The molecule has 1 heterocycles. The Bertz CT molecular complexity index is 1120. The van der Waals surface area contributed by atoms with Crippen molar-refractivity contribution in [1.29, 1.82) is 0 Å². The molecule has 8 heteroatoms. The minimum absolute atomic E-state index is 0.0203. The zero-order chi connectivity index (χ0) is 22.3. The highest BCUT2D eigenvalue weighted by atomic mass is 16.6. The van der Waals surface area contributed by atoms with Crippen LogP contribution >= 0.6 is 0 Å².